The highest BCUT2D eigenvalue weighted by atomic mass is 35.5. The number of aromatic nitrogens is 1. The van der Waals surface area contributed by atoms with E-state index in [0.717, 1.165) is 11.3 Å². The molecule has 8 nitrogen and oxygen atoms in total. The van der Waals surface area contributed by atoms with Gasteiger partial charge in [-0.05, 0) is 68.8 Å². The molecule has 3 amide bonds. The maximum atomic E-state index is 13.3. The normalized spacial score (nSPS) is 17.8. The predicted octanol–water partition coefficient (Wildman–Crippen LogP) is 4.03. The Morgan fingerprint density at radius 3 is 2.32 bits per heavy atom. The fourth-order valence-corrected chi connectivity index (χ4v) is 5.19. The molecule has 1 aliphatic heterocycles. The van der Waals surface area contributed by atoms with Crippen LogP contribution in [0.25, 0.3) is 6.08 Å². The van der Waals surface area contributed by atoms with Gasteiger partial charge in [0.2, 0.25) is 17.7 Å². The second-order valence-electron chi connectivity index (χ2n) is 10.4. The molecular weight excluding hydrogens is 538 g/mol. The van der Waals surface area contributed by atoms with Gasteiger partial charge in [0.05, 0.1) is 6.54 Å². The molecule has 1 aliphatic rings. The highest BCUT2D eigenvalue weighted by molar-refractivity contribution is 6.30. The Hall–Kier alpha value is -4.17. The van der Waals surface area contributed by atoms with Crippen molar-refractivity contribution in [3.63, 3.8) is 0 Å². The minimum atomic E-state index is -0.909. The number of aryl methyl sites for hydroxylation is 1. The van der Waals surface area contributed by atoms with Gasteiger partial charge in [0.1, 0.15) is 6.04 Å². The molecule has 0 unspecified atom stereocenters. The quantitative estimate of drug-likeness (QED) is 0.377. The molecule has 0 spiro atoms. The molecule has 3 atom stereocenters. The molecule has 9 heteroatoms. The molecule has 4 rings (SSSR count). The van der Waals surface area contributed by atoms with Gasteiger partial charge in [-0.25, -0.2) is 0 Å². The minimum absolute atomic E-state index is 0.0357. The Kier molecular flexibility index (Phi) is 10.1. The zero-order valence-electron chi connectivity index (χ0n) is 23.6. The molecule has 0 bridgehead atoms. The molecule has 1 saturated heterocycles. The highest BCUT2D eigenvalue weighted by Crippen LogP contribution is 2.23. The van der Waals surface area contributed by atoms with Gasteiger partial charge in [-0.2, -0.15) is 0 Å². The molecular formula is C32H36ClN5O3. The molecule has 1 fully saturated rings. The fourth-order valence-electron chi connectivity index (χ4n) is 5.06. The minimum Gasteiger partial charge on any atom is -0.367 e. The predicted molar refractivity (Wildman–Crippen MR) is 163 cm³/mol. The van der Waals surface area contributed by atoms with Crippen molar-refractivity contribution in [3.05, 3.63) is 101 Å². The lowest BCUT2D eigenvalue weighted by atomic mass is 10.1. The van der Waals surface area contributed by atoms with E-state index in [-0.39, 0.29) is 31.0 Å². The number of carbonyl (C=O) groups is 3. The van der Waals surface area contributed by atoms with Crippen molar-refractivity contribution in [2.24, 2.45) is 0 Å². The van der Waals surface area contributed by atoms with Crippen molar-refractivity contribution >= 4 is 41.1 Å². The van der Waals surface area contributed by atoms with E-state index in [4.69, 9.17) is 11.6 Å². The van der Waals surface area contributed by atoms with Crippen LogP contribution in [0.5, 0.6) is 0 Å². The van der Waals surface area contributed by atoms with E-state index in [0.29, 0.717) is 23.8 Å². The molecule has 2 N–H and O–H groups in total. The number of piperazine rings is 1. The summed E-state index contributed by atoms with van der Waals surface area (Å²) in [6.45, 7) is 7.34. The van der Waals surface area contributed by atoms with Gasteiger partial charge in [0.25, 0.3) is 0 Å². The summed E-state index contributed by atoms with van der Waals surface area (Å²) in [6.07, 6.45) is 4.83. The molecule has 2 aromatic carbocycles. The zero-order valence-corrected chi connectivity index (χ0v) is 24.3. The number of hydrogen-bond donors (Lipinski definition) is 2. The summed E-state index contributed by atoms with van der Waals surface area (Å²) in [5.74, 6) is -1.04. The topological polar surface area (TPSA) is 94.6 Å². The Bertz CT molecular complexity index is 1350. The van der Waals surface area contributed by atoms with E-state index in [9.17, 15) is 14.4 Å². The Balaban J connectivity index is 1.37. The molecule has 2 heterocycles. The van der Waals surface area contributed by atoms with Crippen molar-refractivity contribution in [2.45, 2.75) is 45.3 Å². The number of pyridine rings is 1. The van der Waals surface area contributed by atoms with Crippen LogP contribution < -0.4 is 15.5 Å². The van der Waals surface area contributed by atoms with Crippen molar-refractivity contribution in [2.75, 3.05) is 24.5 Å². The zero-order chi connectivity index (χ0) is 29.4. The number of nitrogens with one attached hydrogen (secondary N) is 2. The number of rotatable bonds is 9. The lowest BCUT2D eigenvalue weighted by Crippen LogP contribution is -2.60. The third kappa shape index (κ3) is 8.41. The number of nitrogens with zero attached hydrogens (tertiary/aromatic N) is 3. The lowest BCUT2D eigenvalue weighted by Gasteiger charge is -2.45. The lowest BCUT2D eigenvalue weighted by molar-refractivity contribution is -0.137. The van der Waals surface area contributed by atoms with Crippen LogP contribution in [0.15, 0.2) is 79.0 Å². The van der Waals surface area contributed by atoms with Crippen LogP contribution in [-0.4, -0.2) is 65.4 Å². The summed E-state index contributed by atoms with van der Waals surface area (Å²) in [6, 6.07) is 19.8. The molecule has 3 aromatic rings. The average Bonchev–Trinajstić information content (AvgIpc) is 2.96. The number of hydrogen-bond acceptors (Lipinski definition) is 5. The van der Waals surface area contributed by atoms with Gasteiger partial charge in [-0.15, -0.1) is 0 Å². The van der Waals surface area contributed by atoms with Crippen molar-refractivity contribution in [1.29, 1.82) is 0 Å². The summed E-state index contributed by atoms with van der Waals surface area (Å²) in [5, 5.41) is 6.11. The monoisotopic (exact) mass is 573 g/mol. The number of halogens is 1. The van der Waals surface area contributed by atoms with E-state index in [1.165, 1.54) is 11.6 Å². The smallest absolute Gasteiger partial charge is 0.244 e. The standard InChI is InChI=1S/C32H36ClN5O3/c1-22-7-14-28(15-8-22)37-20-23(2)38(24(3)21-37)31(40)19-35-32(41)29(18-27-6-4-5-17-34-27)36-30(39)16-11-25-9-12-26(33)13-10-25/h4-17,23-24,29H,18-21H2,1-3H3,(H,35,41)(H,36,39)/t23-,24+,29-/m0/s1. The van der Waals surface area contributed by atoms with Gasteiger partial charge in [-0.1, -0.05) is 47.5 Å². The summed E-state index contributed by atoms with van der Waals surface area (Å²) >= 11 is 5.93. The van der Waals surface area contributed by atoms with E-state index in [2.05, 4.69) is 51.7 Å². The molecule has 41 heavy (non-hydrogen) atoms. The Morgan fingerprint density at radius 1 is 1.00 bits per heavy atom. The van der Waals surface area contributed by atoms with Gasteiger partial charge in [0.15, 0.2) is 0 Å². The van der Waals surface area contributed by atoms with Crippen LogP contribution >= 0.6 is 11.6 Å². The first-order valence-corrected chi connectivity index (χ1v) is 14.1. The second kappa shape index (κ2) is 13.9. The molecule has 214 valence electrons. The second-order valence-corrected chi connectivity index (χ2v) is 10.9. The van der Waals surface area contributed by atoms with Gasteiger partial charge < -0.3 is 20.4 Å². The number of anilines is 1. The molecule has 0 radical (unpaired) electrons. The average molecular weight is 574 g/mol. The van der Waals surface area contributed by atoms with Gasteiger partial charge in [-0.3, -0.25) is 19.4 Å². The van der Waals surface area contributed by atoms with E-state index < -0.39 is 17.9 Å². The third-order valence-electron chi connectivity index (χ3n) is 7.09. The van der Waals surface area contributed by atoms with E-state index in [1.807, 2.05) is 24.8 Å². The SMILES string of the molecule is Cc1ccc(N2C[C@@H](C)N(C(=O)CNC(=O)[C@H](Cc3ccccn3)NC(=O)C=Cc3ccc(Cl)cc3)[C@@H](C)C2)cc1. The Labute approximate surface area is 246 Å². The van der Waals surface area contributed by atoms with Crippen LogP contribution in [-0.2, 0) is 20.8 Å². The summed E-state index contributed by atoms with van der Waals surface area (Å²) in [4.78, 5) is 47.6. The number of amides is 3. The van der Waals surface area contributed by atoms with E-state index in [1.54, 1.807) is 48.7 Å². The largest absolute Gasteiger partial charge is 0.367 e. The first-order chi connectivity index (χ1) is 19.7. The molecule has 0 saturated carbocycles. The van der Waals surface area contributed by atoms with Crippen molar-refractivity contribution in [1.82, 2.24) is 20.5 Å². The number of carbonyl (C=O) groups excluding carboxylic acids is 3. The maximum Gasteiger partial charge on any atom is 0.244 e. The molecule has 1 aromatic heterocycles. The van der Waals surface area contributed by atoms with Crippen LogP contribution in [0.2, 0.25) is 5.02 Å². The van der Waals surface area contributed by atoms with Crippen LogP contribution in [0.4, 0.5) is 5.69 Å². The van der Waals surface area contributed by atoms with Crippen LogP contribution in [0, 0.1) is 6.92 Å². The highest BCUT2D eigenvalue weighted by Gasteiger charge is 2.33. The molecule has 0 aliphatic carbocycles. The van der Waals surface area contributed by atoms with Gasteiger partial charge >= 0.3 is 0 Å². The summed E-state index contributed by atoms with van der Waals surface area (Å²) < 4.78 is 0. The van der Waals surface area contributed by atoms with E-state index >= 15 is 0 Å². The first-order valence-electron chi connectivity index (χ1n) is 13.7. The van der Waals surface area contributed by atoms with Crippen molar-refractivity contribution in [3.8, 4) is 0 Å². The summed E-state index contributed by atoms with van der Waals surface area (Å²) in [5.41, 5.74) is 3.78. The third-order valence-corrected chi connectivity index (χ3v) is 7.34. The fraction of sp³-hybridized carbons (Fsp3) is 0.312. The number of benzene rings is 2. The maximum absolute atomic E-state index is 13.3. The Morgan fingerprint density at radius 2 is 1.68 bits per heavy atom. The van der Waals surface area contributed by atoms with Crippen LogP contribution in [0.1, 0.15) is 30.7 Å². The van der Waals surface area contributed by atoms with Crippen LogP contribution in [0.3, 0.4) is 0 Å². The van der Waals surface area contributed by atoms with Gasteiger partial charge in [0, 0.05) is 60.3 Å². The first kappa shape index (κ1) is 29.8. The van der Waals surface area contributed by atoms with Crippen molar-refractivity contribution < 1.29 is 14.4 Å². The summed E-state index contributed by atoms with van der Waals surface area (Å²) in [7, 11) is 0.